The Kier molecular flexibility index (Phi) is 6.31. The summed E-state index contributed by atoms with van der Waals surface area (Å²) in [6.07, 6.45) is 6.89. The molecule has 2 aliphatic rings. The van der Waals surface area contributed by atoms with Crippen LogP contribution in [0.1, 0.15) is 46.0 Å². The molecule has 3 atom stereocenters. The highest BCUT2D eigenvalue weighted by Gasteiger charge is 2.30. The molecule has 1 N–H and O–H groups in total. The van der Waals surface area contributed by atoms with Gasteiger partial charge in [-0.05, 0) is 77.7 Å². The van der Waals surface area contributed by atoms with Crippen LogP contribution in [0.4, 0.5) is 0 Å². The predicted molar refractivity (Wildman–Crippen MR) is 87.1 cm³/mol. The molecule has 0 aromatic heterocycles. The van der Waals surface area contributed by atoms with Crippen LogP contribution in [0.5, 0.6) is 0 Å². The van der Waals surface area contributed by atoms with Crippen molar-refractivity contribution in [2.45, 2.75) is 58.0 Å². The van der Waals surface area contributed by atoms with Gasteiger partial charge in [-0.15, -0.1) is 0 Å². The van der Waals surface area contributed by atoms with Crippen LogP contribution in [0.15, 0.2) is 0 Å². The van der Waals surface area contributed by atoms with Gasteiger partial charge in [-0.1, -0.05) is 13.8 Å². The van der Waals surface area contributed by atoms with Crippen LogP contribution >= 0.6 is 0 Å². The summed E-state index contributed by atoms with van der Waals surface area (Å²) in [4.78, 5) is 5.13. The summed E-state index contributed by atoms with van der Waals surface area (Å²) in [7, 11) is 4.61. The molecule has 1 aliphatic heterocycles. The maximum Gasteiger partial charge on any atom is 0.0117 e. The molecule has 2 rings (SSSR count). The fraction of sp³-hybridized carbons (Fsp3) is 1.00. The summed E-state index contributed by atoms with van der Waals surface area (Å²) in [6, 6.07) is 1.57. The van der Waals surface area contributed by atoms with Crippen LogP contribution in [-0.2, 0) is 0 Å². The summed E-state index contributed by atoms with van der Waals surface area (Å²) in [6.45, 7) is 9.63. The first kappa shape index (κ1) is 16.3. The SMILES string of the molecule is CCNC1CCC(C)CC1CN(C)C1CCN(C)CC1. The number of hydrogen-bond acceptors (Lipinski definition) is 3. The minimum atomic E-state index is 0.755. The van der Waals surface area contributed by atoms with Crippen LogP contribution in [0, 0.1) is 11.8 Å². The first-order valence-corrected chi connectivity index (χ1v) is 8.72. The smallest absolute Gasteiger partial charge is 0.0117 e. The predicted octanol–water partition coefficient (Wildman–Crippen LogP) is 2.43. The van der Waals surface area contributed by atoms with Gasteiger partial charge in [0.2, 0.25) is 0 Å². The molecule has 0 aromatic carbocycles. The molecule has 1 heterocycles. The minimum absolute atomic E-state index is 0.755. The second-order valence-electron chi connectivity index (χ2n) is 7.32. The lowest BCUT2D eigenvalue weighted by atomic mass is 9.78. The molecule has 3 unspecified atom stereocenters. The van der Waals surface area contributed by atoms with E-state index in [1.807, 2.05) is 0 Å². The Morgan fingerprint density at radius 2 is 1.85 bits per heavy atom. The summed E-state index contributed by atoms with van der Waals surface area (Å²) < 4.78 is 0. The third-order valence-corrected chi connectivity index (χ3v) is 5.54. The van der Waals surface area contributed by atoms with Crippen molar-refractivity contribution < 1.29 is 0 Å². The fourth-order valence-electron chi connectivity index (χ4n) is 4.19. The van der Waals surface area contributed by atoms with Gasteiger partial charge in [-0.3, -0.25) is 0 Å². The Morgan fingerprint density at radius 1 is 1.15 bits per heavy atom. The molecular weight excluding hydrogens is 246 g/mol. The van der Waals surface area contributed by atoms with E-state index in [9.17, 15) is 0 Å². The van der Waals surface area contributed by atoms with Crippen molar-refractivity contribution in [3.05, 3.63) is 0 Å². The third kappa shape index (κ3) is 4.44. The Bertz CT molecular complexity index is 273. The molecule has 1 aliphatic carbocycles. The topological polar surface area (TPSA) is 18.5 Å². The van der Waals surface area contributed by atoms with E-state index in [0.29, 0.717) is 0 Å². The monoisotopic (exact) mass is 281 g/mol. The summed E-state index contributed by atoms with van der Waals surface area (Å²) in [5.41, 5.74) is 0. The number of piperidine rings is 1. The van der Waals surface area contributed by atoms with E-state index in [4.69, 9.17) is 0 Å². The van der Waals surface area contributed by atoms with Gasteiger partial charge in [0.05, 0.1) is 0 Å². The van der Waals surface area contributed by atoms with E-state index in [-0.39, 0.29) is 0 Å². The van der Waals surface area contributed by atoms with Crippen molar-refractivity contribution in [3.63, 3.8) is 0 Å². The van der Waals surface area contributed by atoms with E-state index in [2.05, 4.69) is 43.1 Å². The molecule has 0 amide bonds. The second kappa shape index (κ2) is 7.77. The van der Waals surface area contributed by atoms with Gasteiger partial charge >= 0.3 is 0 Å². The van der Waals surface area contributed by atoms with E-state index >= 15 is 0 Å². The van der Waals surface area contributed by atoms with Gasteiger partial charge in [-0.25, -0.2) is 0 Å². The summed E-state index contributed by atoms with van der Waals surface area (Å²) in [5.74, 6) is 1.77. The summed E-state index contributed by atoms with van der Waals surface area (Å²) >= 11 is 0. The zero-order valence-corrected chi connectivity index (χ0v) is 14.1. The number of rotatable bonds is 5. The van der Waals surface area contributed by atoms with Crippen LogP contribution in [0.2, 0.25) is 0 Å². The van der Waals surface area contributed by atoms with Gasteiger partial charge < -0.3 is 15.1 Å². The maximum atomic E-state index is 3.74. The van der Waals surface area contributed by atoms with Crippen LogP contribution in [-0.4, -0.2) is 62.2 Å². The average molecular weight is 281 g/mol. The molecule has 20 heavy (non-hydrogen) atoms. The number of likely N-dealkylation sites (tertiary alicyclic amines) is 1. The third-order valence-electron chi connectivity index (χ3n) is 5.54. The van der Waals surface area contributed by atoms with E-state index in [0.717, 1.165) is 30.5 Å². The lowest BCUT2D eigenvalue weighted by Gasteiger charge is -2.41. The van der Waals surface area contributed by atoms with Gasteiger partial charge in [0.1, 0.15) is 0 Å². The van der Waals surface area contributed by atoms with E-state index in [1.54, 1.807) is 0 Å². The Labute approximate surface area is 126 Å². The zero-order chi connectivity index (χ0) is 14.5. The molecule has 1 saturated heterocycles. The molecule has 0 radical (unpaired) electrons. The zero-order valence-electron chi connectivity index (χ0n) is 14.1. The maximum absolute atomic E-state index is 3.74. The molecule has 0 aromatic rings. The van der Waals surface area contributed by atoms with Crippen molar-refractivity contribution in [3.8, 4) is 0 Å². The molecule has 118 valence electrons. The van der Waals surface area contributed by atoms with Crippen LogP contribution in [0.25, 0.3) is 0 Å². The molecule has 0 bridgehead atoms. The lowest BCUT2D eigenvalue weighted by Crippen LogP contribution is -2.48. The Hall–Kier alpha value is -0.120. The van der Waals surface area contributed by atoms with Crippen molar-refractivity contribution >= 4 is 0 Å². The fourth-order valence-corrected chi connectivity index (χ4v) is 4.19. The van der Waals surface area contributed by atoms with Gasteiger partial charge in [-0.2, -0.15) is 0 Å². The molecule has 1 saturated carbocycles. The van der Waals surface area contributed by atoms with Crippen molar-refractivity contribution in [2.75, 3.05) is 40.3 Å². The van der Waals surface area contributed by atoms with Gasteiger partial charge in [0, 0.05) is 18.6 Å². The highest BCUT2D eigenvalue weighted by Crippen LogP contribution is 2.30. The molecule has 3 nitrogen and oxygen atoms in total. The van der Waals surface area contributed by atoms with Gasteiger partial charge in [0.25, 0.3) is 0 Å². The number of hydrogen-bond donors (Lipinski definition) is 1. The number of nitrogens with one attached hydrogen (secondary N) is 1. The molecule has 0 spiro atoms. The second-order valence-corrected chi connectivity index (χ2v) is 7.32. The quantitative estimate of drug-likeness (QED) is 0.835. The van der Waals surface area contributed by atoms with Crippen LogP contribution in [0.3, 0.4) is 0 Å². The van der Waals surface area contributed by atoms with Crippen LogP contribution < -0.4 is 5.32 Å². The van der Waals surface area contributed by atoms with E-state index < -0.39 is 0 Å². The van der Waals surface area contributed by atoms with E-state index in [1.165, 1.54) is 51.7 Å². The normalized spacial score (nSPS) is 33.8. The Morgan fingerprint density at radius 3 is 2.50 bits per heavy atom. The van der Waals surface area contributed by atoms with Crippen molar-refractivity contribution in [2.24, 2.45) is 11.8 Å². The molecule has 2 fully saturated rings. The minimum Gasteiger partial charge on any atom is -0.314 e. The molecular formula is C17H35N3. The van der Waals surface area contributed by atoms with Crippen molar-refractivity contribution in [1.29, 1.82) is 0 Å². The highest BCUT2D eigenvalue weighted by atomic mass is 15.2. The standard InChI is InChI=1S/C17H35N3/c1-5-18-17-7-6-14(2)12-15(17)13-20(4)16-8-10-19(3)11-9-16/h14-18H,5-13H2,1-4H3. The lowest BCUT2D eigenvalue weighted by molar-refractivity contribution is 0.0991. The Balaban J connectivity index is 1.85. The largest absolute Gasteiger partial charge is 0.314 e. The molecule has 3 heteroatoms. The summed E-state index contributed by atoms with van der Waals surface area (Å²) in [5, 5.41) is 3.74. The highest BCUT2D eigenvalue weighted by molar-refractivity contribution is 4.87. The average Bonchev–Trinajstić information content (AvgIpc) is 2.42. The number of nitrogens with zero attached hydrogens (tertiary/aromatic N) is 2. The van der Waals surface area contributed by atoms with Gasteiger partial charge in [0.15, 0.2) is 0 Å². The van der Waals surface area contributed by atoms with Crippen molar-refractivity contribution in [1.82, 2.24) is 15.1 Å². The first-order valence-electron chi connectivity index (χ1n) is 8.72. The first-order chi connectivity index (χ1) is 9.60.